The Morgan fingerprint density at radius 2 is 1.94 bits per heavy atom. The second-order valence-electron chi connectivity index (χ2n) is 4.24. The predicted octanol–water partition coefficient (Wildman–Crippen LogP) is 3.52. The van der Waals surface area contributed by atoms with Crippen LogP contribution in [0.1, 0.15) is 19.8 Å². The number of rotatable bonds is 7. The molecule has 1 unspecified atom stereocenters. The molecule has 0 saturated heterocycles. The molecule has 1 nitrogen and oxygen atoms in total. The highest BCUT2D eigenvalue weighted by Crippen LogP contribution is 2.16. The van der Waals surface area contributed by atoms with E-state index in [1.165, 1.54) is 24.1 Å². The Bertz CT molecular complexity index is 281. The van der Waals surface area contributed by atoms with E-state index in [9.17, 15) is 0 Å². The summed E-state index contributed by atoms with van der Waals surface area (Å²) in [6, 6.07) is 11.8. The average molecular weight is 257 g/mol. The van der Waals surface area contributed by atoms with Crippen LogP contribution in [0.15, 0.2) is 30.3 Å². The number of benzene rings is 1. The first kappa shape index (κ1) is 13.8. The zero-order valence-corrected chi connectivity index (χ0v) is 12.0. The van der Waals surface area contributed by atoms with Crippen molar-refractivity contribution in [1.29, 1.82) is 0 Å². The van der Waals surface area contributed by atoms with E-state index < -0.39 is 8.32 Å². The van der Waals surface area contributed by atoms with Crippen LogP contribution in [0, 0.1) is 0 Å². The van der Waals surface area contributed by atoms with Crippen LogP contribution in [-0.2, 0) is 4.43 Å². The Labute approximate surface area is 105 Å². The first-order valence-corrected chi connectivity index (χ1v) is 9.13. The van der Waals surface area contributed by atoms with E-state index in [0.717, 1.165) is 0 Å². The van der Waals surface area contributed by atoms with Crippen LogP contribution in [-0.4, -0.2) is 20.8 Å². The fourth-order valence-electron chi connectivity index (χ4n) is 1.87. The highest BCUT2D eigenvalue weighted by molar-refractivity contribution is 6.85. The molecule has 0 fully saturated rings. The number of halogens is 1. The van der Waals surface area contributed by atoms with Gasteiger partial charge in [-0.15, -0.1) is 11.6 Å². The fraction of sp³-hybridized carbons (Fsp3) is 0.538. The monoisotopic (exact) mass is 256 g/mol. The van der Waals surface area contributed by atoms with Crippen molar-refractivity contribution in [3.05, 3.63) is 30.3 Å². The zero-order chi connectivity index (χ0) is 11.9. The zero-order valence-electron chi connectivity index (χ0n) is 10.2. The number of hydrogen-bond donors (Lipinski definition) is 0. The van der Waals surface area contributed by atoms with Crippen LogP contribution < -0.4 is 5.19 Å². The molecule has 0 aromatic heterocycles. The Hall–Kier alpha value is -0.313. The SMILES string of the molecule is CCCC[Si](C)(OCCCl)c1ccccc1. The van der Waals surface area contributed by atoms with Crippen LogP contribution in [0.5, 0.6) is 0 Å². The van der Waals surface area contributed by atoms with Gasteiger partial charge in [-0.1, -0.05) is 50.1 Å². The summed E-state index contributed by atoms with van der Waals surface area (Å²) < 4.78 is 6.07. The second-order valence-corrected chi connectivity index (χ2v) is 8.44. The first-order chi connectivity index (χ1) is 7.73. The minimum absolute atomic E-state index is 0.585. The van der Waals surface area contributed by atoms with E-state index in [1.54, 1.807) is 0 Å². The number of unbranched alkanes of at least 4 members (excludes halogenated alkanes) is 1. The Morgan fingerprint density at radius 1 is 1.25 bits per heavy atom. The Morgan fingerprint density at radius 3 is 2.50 bits per heavy atom. The highest BCUT2D eigenvalue weighted by Gasteiger charge is 2.30. The Balaban J connectivity index is 2.77. The van der Waals surface area contributed by atoms with Gasteiger partial charge in [-0.2, -0.15) is 0 Å². The Kier molecular flexibility index (Phi) is 6.10. The summed E-state index contributed by atoms with van der Waals surface area (Å²) >= 11 is 5.73. The van der Waals surface area contributed by atoms with Gasteiger partial charge in [-0.05, 0) is 17.8 Å². The molecule has 0 aliphatic rings. The van der Waals surface area contributed by atoms with Crippen molar-refractivity contribution in [2.45, 2.75) is 32.4 Å². The quantitative estimate of drug-likeness (QED) is 0.536. The van der Waals surface area contributed by atoms with Crippen LogP contribution in [0.4, 0.5) is 0 Å². The lowest BCUT2D eigenvalue weighted by Crippen LogP contribution is -2.48. The molecule has 1 atom stereocenters. The summed E-state index contributed by atoms with van der Waals surface area (Å²) in [6.07, 6.45) is 2.46. The number of alkyl halides is 1. The summed E-state index contributed by atoms with van der Waals surface area (Å²) in [5.74, 6) is 0.585. The molecule has 1 aromatic carbocycles. The van der Waals surface area contributed by atoms with Gasteiger partial charge in [0.2, 0.25) is 8.32 Å². The van der Waals surface area contributed by atoms with E-state index in [-0.39, 0.29) is 0 Å². The third-order valence-electron chi connectivity index (χ3n) is 2.89. The largest absolute Gasteiger partial charge is 0.411 e. The van der Waals surface area contributed by atoms with Gasteiger partial charge in [0.25, 0.3) is 0 Å². The van der Waals surface area contributed by atoms with Gasteiger partial charge >= 0.3 is 0 Å². The maximum absolute atomic E-state index is 6.07. The molecule has 3 heteroatoms. The van der Waals surface area contributed by atoms with E-state index in [2.05, 4.69) is 43.8 Å². The fourth-order valence-corrected chi connectivity index (χ4v) is 5.15. The minimum atomic E-state index is -1.75. The lowest BCUT2D eigenvalue weighted by molar-refractivity contribution is 0.335. The molecule has 0 N–H and O–H groups in total. The molecule has 0 bridgehead atoms. The van der Waals surface area contributed by atoms with Crippen molar-refractivity contribution >= 4 is 25.1 Å². The lowest BCUT2D eigenvalue weighted by Gasteiger charge is -2.27. The van der Waals surface area contributed by atoms with Gasteiger partial charge in [-0.3, -0.25) is 0 Å². The maximum atomic E-state index is 6.07. The van der Waals surface area contributed by atoms with Gasteiger partial charge in [-0.25, -0.2) is 0 Å². The van der Waals surface area contributed by atoms with Crippen LogP contribution in [0.2, 0.25) is 12.6 Å². The molecule has 1 aromatic rings. The molecule has 0 aliphatic carbocycles. The maximum Gasteiger partial charge on any atom is 0.221 e. The molecule has 0 amide bonds. The van der Waals surface area contributed by atoms with Gasteiger partial charge < -0.3 is 4.43 Å². The minimum Gasteiger partial charge on any atom is -0.411 e. The van der Waals surface area contributed by atoms with Crippen molar-refractivity contribution in [2.24, 2.45) is 0 Å². The van der Waals surface area contributed by atoms with E-state index in [4.69, 9.17) is 16.0 Å². The summed E-state index contributed by atoms with van der Waals surface area (Å²) in [7, 11) is -1.75. The molecular weight excluding hydrogens is 236 g/mol. The molecule has 0 spiro atoms. The predicted molar refractivity (Wildman–Crippen MR) is 74.1 cm³/mol. The van der Waals surface area contributed by atoms with Crippen molar-refractivity contribution in [2.75, 3.05) is 12.5 Å². The summed E-state index contributed by atoms with van der Waals surface area (Å²) in [4.78, 5) is 0. The van der Waals surface area contributed by atoms with Crippen LogP contribution in [0.3, 0.4) is 0 Å². The smallest absolute Gasteiger partial charge is 0.221 e. The third-order valence-corrected chi connectivity index (χ3v) is 6.75. The second kappa shape index (κ2) is 7.10. The molecule has 0 saturated carbocycles. The highest BCUT2D eigenvalue weighted by atomic mass is 35.5. The van der Waals surface area contributed by atoms with E-state index in [1.807, 2.05) is 0 Å². The molecule has 0 aliphatic heterocycles. The summed E-state index contributed by atoms with van der Waals surface area (Å²) in [5, 5.41) is 1.38. The first-order valence-electron chi connectivity index (χ1n) is 5.98. The van der Waals surface area contributed by atoms with Crippen LogP contribution >= 0.6 is 11.6 Å². The van der Waals surface area contributed by atoms with Gasteiger partial charge in [0.1, 0.15) is 0 Å². The summed E-state index contributed by atoms with van der Waals surface area (Å²) in [5.41, 5.74) is 0. The van der Waals surface area contributed by atoms with Crippen molar-refractivity contribution in [3.63, 3.8) is 0 Å². The summed E-state index contributed by atoms with van der Waals surface area (Å²) in [6.45, 7) is 5.19. The third kappa shape index (κ3) is 3.93. The van der Waals surface area contributed by atoms with Crippen molar-refractivity contribution in [3.8, 4) is 0 Å². The van der Waals surface area contributed by atoms with Crippen LogP contribution in [0.25, 0.3) is 0 Å². The van der Waals surface area contributed by atoms with Crippen molar-refractivity contribution < 1.29 is 4.43 Å². The standard InChI is InChI=1S/C13H21ClOSi/c1-3-4-12-16(2,15-11-10-14)13-8-6-5-7-9-13/h5-9H,3-4,10-12H2,1-2H3. The average Bonchev–Trinajstić information content (AvgIpc) is 2.35. The van der Waals surface area contributed by atoms with Gasteiger partial charge in [0.05, 0.1) is 0 Å². The molecule has 0 radical (unpaired) electrons. The van der Waals surface area contributed by atoms with Crippen molar-refractivity contribution in [1.82, 2.24) is 0 Å². The molecule has 1 rings (SSSR count). The van der Waals surface area contributed by atoms with E-state index in [0.29, 0.717) is 12.5 Å². The van der Waals surface area contributed by atoms with Gasteiger partial charge in [0.15, 0.2) is 0 Å². The lowest BCUT2D eigenvalue weighted by atomic mass is 10.4. The normalized spacial score (nSPS) is 14.7. The van der Waals surface area contributed by atoms with E-state index >= 15 is 0 Å². The topological polar surface area (TPSA) is 9.23 Å². The molecular formula is C13H21ClOSi. The number of hydrogen-bond acceptors (Lipinski definition) is 1. The van der Waals surface area contributed by atoms with Gasteiger partial charge in [0, 0.05) is 12.5 Å². The molecule has 16 heavy (non-hydrogen) atoms. The molecule has 0 heterocycles. The molecule has 90 valence electrons.